The molecule has 1 aromatic rings. The standard InChI is InChI=1S/C15H22N2O2/c1-15(2,14(18)19)16-12-6-8-13(9-7-12)17-10-4-3-5-11-17/h6-9,16H,3-5,10-11H2,1-2H3,(H,18,19). The third-order valence-electron chi connectivity index (χ3n) is 3.58. The van der Waals surface area contributed by atoms with E-state index >= 15 is 0 Å². The van der Waals surface area contributed by atoms with E-state index in [0.717, 1.165) is 18.8 Å². The summed E-state index contributed by atoms with van der Waals surface area (Å²) in [6.07, 6.45) is 3.83. The summed E-state index contributed by atoms with van der Waals surface area (Å²) in [5.74, 6) is -0.854. The van der Waals surface area contributed by atoms with E-state index in [4.69, 9.17) is 5.11 Å². The Hall–Kier alpha value is -1.71. The number of carboxylic acids is 1. The molecule has 104 valence electrons. The zero-order chi connectivity index (χ0) is 13.9. The number of piperidine rings is 1. The molecular formula is C15H22N2O2. The van der Waals surface area contributed by atoms with E-state index < -0.39 is 11.5 Å². The molecule has 1 aliphatic rings. The molecule has 1 saturated heterocycles. The van der Waals surface area contributed by atoms with Gasteiger partial charge in [-0.15, -0.1) is 0 Å². The van der Waals surface area contributed by atoms with Gasteiger partial charge in [-0.05, 0) is 57.4 Å². The van der Waals surface area contributed by atoms with Crippen molar-refractivity contribution in [1.29, 1.82) is 0 Å². The monoisotopic (exact) mass is 262 g/mol. The first-order valence-corrected chi connectivity index (χ1v) is 6.86. The third-order valence-corrected chi connectivity index (χ3v) is 3.58. The van der Waals surface area contributed by atoms with E-state index in [9.17, 15) is 4.79 Å². The predicted octanol–water partition coefficient (Wildman–Crippen LogP) is 2.95. The summed E-state index contributed by atoms with van der Waals surface area (Å²) in [6.45, 7) is 5.56. The zero-order valence-electron chi connectivity index (χ0n) is 11.6. The lowest BCUT2D eigenvalue weighted by Crippen LogP contribution is -2.39. The smallest absolute Gasteiger partial charge is 0.328 e. The van der Waals surface area contributed by atoms with Gasteiger partial charge in [-0.2, -0.15) is 0 Å². The molecular weight excluding hydrogens is 240 g/mol. The molecule has 2 N–H and O–H groups in total. The van der Waals surface area contributed by atoms with Gasteiger partial charge in [0.05, 0.1) is 0 Å². The highest BCUT2D eigenvalue weighted by Gasteiger charge is 2.26. The first kappa shape index (κ1) is 13.7. The van der Waals surface area contributed by atoms with Gasteiger partial charge in [0.25, 0.3) is 0 Å². The van der Waals surface area contributed by atoms with Crippen molar-refractivity contribution in [2.24, 2.45) is 0 Å². The highest BCUT2D eigenvalue weighted by molar-refractivity contribution is 5.81. The van der Waals surface area contributed by atoms with Gasteiger partial charge in [0.1, 0.15) is 5.54 Å². The maximum absolute atomic E-state index is 11.1. The minimum absolute atomic E-state index is 0.841. The molecule has 0 atom stereocenters. The second kappa shape index (κ2) is 5.51. The molecule has 4 heteroatoms. The summed E-state index contributed by atoms with van der Waals surface area (Å²) in [4.78, 5) is 13.5. The van der Waals surface area contributed by atoms with Gasteiger partial charge in [0, 0.05) is 24.5 Å². The van der Waals surface area contributed by atoms with Crippen LogP contribution in [0, 0.1) is 0 Å². The summed E-state index contributed by atoms with van der Waals surface area (Å²) in [7, 11) is 0. The fraction of sp³-hybridized carbons (Fsp3) is 0.533. The fourth-order valence-corrected chi connectivity index (χ4v) is 2.32. The lowest BCUT2D eigenvalue weighted by molar-refractivity contribution is -0.141. The van der Waals surface area contributed by atoms with Gasteiger partial charge in [0.2, 0.25) is 0 Å². The Morgan fingerprint density at radius 1 is 1.16 bits per heavy atom. The van der Waals surface area contributed by atoms with Crippen LogP contribution in [0.3, 0.4) is 0 Å². The van der Waals surface area contributed by atoms with Crippen LogP contribution >= 0.6 is 0 Å². The van der Waals surface area contributed by atoms with Gasteiger partial charge < -0.3 is 15.3 Å². The van der Waals surface area contributed by atoms with Crippen LogP contribution < -0.4 is 10.2 Å². The number of rotatable bonds is 4. The van der Waals surface area contributed by atoms with E-state index in [0.29, 0.717) is 0 Å². The van der Waals surface area contributed by atoms with Crippen LogP contribution in [0.15, 0.2) is 24.3 Å². The van der Waals surface area contributed by atoms with E-state index in [1.165, 1.54) is 24.9 Å². The lowest BCUT2D eigenvalue weighted by Gasteiger charge is -2.29. The summed E-state index contributed by atoms with van der Waals surface area (Å²) in [5, 5.41) is 12.1. The van der Waals surface area contributed by atoms with E-state index in [-0.39, 0.29) is 0 Å². The van der Waals surface area contributed by atoms with E-state index in [1.807, 2.05) is 12.1 Å². The number of hydrogen-bond acceptors (Lipinski definition) is 3. The Balaban J connectivity index is 2.04. The van der Waals surface area contributed by atoms with Gasteiger partial charge >= 0.3 is 5.97 Å². The second-order valence-electron chi connectivity index (χ2n) is 5.65. The Labute approximate surface area is 114 Å². The van der Waals surface area contributed by atoms with Gasteiger partial charge in [-0.3, -0.25) is 0 Å². The number of aliphatic carboxylic acids is 1. The molecule has 0 aliphatic carbocycles. The van der Waals surface area contributed by atoms with Crippen molar-refractivity contribution >= 4 is 17.3 Å². The molecule has 0 spiro atoms. The lowest BCUT2D eigenvalue weighted by atomic mass is 10.1. The van der Waals surface area contributed by atoms with Gasteiger partial charge in [-0.1, -0.05) is 0 Å². The Morgan fingerprint density at radius 2 is 1.74 bits per heavy atom. The van der Waals surface area contributed by atoms with Crippen molar-refractivity contribution in [1.82, 2.24) is 0 Å². The van der Waals surface area contributed by atoms with Crippen LogP contribution in [0.4, 0.5) is 11.4 Å². The molecule has 1 aromatic carbocycles. The quantitative estimate of drug-likeness (QED) is 0.876. The number of nitrogens with zero attached hydrogens (tertiary/aromatic N) is 1. The van der Waals surface area contributed by atoms with Crippen LogP contribution in [-0.4, -0.2) is 29.7 Å². The second-order valence-corrected chi connectivity index (χ2v) is 5.65. The van der Waals surface area contributed by atoms with Crippen molar-refractivity contribution in [3.05, 3.63) is 24.3 Å². The minimum Gasteiger partial charge on any atom is -0.480 e. The van der Waals surface area contributed by atoms with Crippen molar-refractivity contribution in [3.8, 4) is 0 Å². The molecule has 19 heavy (non-hydrogen) atoms. The first-order chi connectivity index (χ1) is 8.99. The number of benzene rings is 1. The number of carbonyl (C=O) groups is 1. The minimum atomic E-state index is -0.952. The molecule has 0 saturated carbocycles. The maximum Gasteiger partial charge on any atom is 0.328 e. The Morgan fingerprint density at radius 3 is 2.26 bits per heavy atom. The fourth-order valence-electron chi connectivity index (χ4n) is 2.32. The van der Waals surface area contributed by atoms with Crippen LogP contribution in [0.25, 0.3) is 0 Å². The van der Waals surface area contributed by atoms with Gasteiger partial charge in [0.15, 0.2) is 0 Å². The molecule has 1 aliphatic heterocycles. The molecule has 0 bridgehead atoms. The summed E-state index contributed by atoms with van der Waals surface area (Å²) in [5.41, 5.74) is 1.11. The van der Waals surface area contributed by atoms with Crippen molar-refractivity contribution in [2.75, 3.05) is 23.3 Å². The van der Waals surface area contributed by atoms with E-state index in [2.05, 4.69) is 22.3 Å². The maximum atomic E-state index is 11.1. The highest BCUT2D eigenvalue weighted by atomic mass is 16.4. The predicted molar refractivity (Wildman–Crippen MR) is 77.8 cm³/mol. The van der Waals surface area contributed by atoms with Crippen LogP contribution in [0.5, 0.6) is 0 Å². The topological polar surface area (TPSA) is 52.6 Å². The molecule has 1 fully saturated rings. The normalized spacial score (nSPS) is 16.2. The third kappa shape index (κ3) is 3.40. The van der Waals surface area contributed by atoms with Crippen molar-refractivity contribution in [2.45, 2.75) is 38.6 Å². The molecule has 4 nitrogen and oxygen atoms in total. The first-order valence-electron chi connectivity index (χ1n) is 6.86. The number of nitrogens with one attached hydrogen (secondary N) is 1. The number of anilines is 2. The van der Waals surface area contributed by atoms with Crippen LogP contribution in [0.2, 0.25) is 0 Å². The van der Waals surface area contributed by atoms with Crippen molar-refractivity contribution in [3.63, 3.8) is 0 Å². The highest BCUT2D eigenvalue weighted by Crippen LogP contribution is 2.23. The Kier molecular flexibility index (Phi) is 3.98. The van der Waals surface area contributed by atoms with Crippen LogP contribution in [0.1, 0.15) is 33.1 Å². The largest absolute Gasteiger partial charge is 0.480 e. The summed E-state index contributed by atoms with van der Waals surface area (Å²) < 4.78 is 0. The summed E-state index contributed by atoms with van der Waals surface area (Å²) in [6, 6.07) is 8.03. The van der Waals surface area contributed by atoms with Gasteiger partial charge in [-0.25, -0.2) is 4.79 Å². The molecule has 2 rings (SSSR count). The number of carboxylic acid groups (broad SMARTS) is 1. The molecule has 0 aromatic heterocycles. The van der Waals surface area contributed by atoms with Crippen molar-refractivity contribution < 1.29 is 9.90 Å². The van der Waals surface area contributed by atoms with Crippen LogP contribution in [-0.2, 0) is 4.79 Å². The molecule has 0 unspecified atom stereocenters. The van der Waals surface area contributed by atoms with E-state index in [1.54, 1.807) is 13.8 Å². The average molecular weight is 262 g/mol. The molecule has 1 heterocycles. The number of hydrogen-bond donors (Lipinski definition) is 2. The molecule has 0 amide bonds. The average Bonchev–Trinajstić information content (AvgIpc) is 2.40. The SMILES string of the molecule is CC(C)(Nc1ccc(N2CCCCC2)cc1)C(=O)O. The zero-order valence-corrected chi connectivity index (χ0v) is 11.6. The Bertz CT molecular complexity index is 434. The molecule has 0 radical (unpaired) electrons. The summed E-state index contributed by atoms with van der Waals surface area (Å²) >= 11 is 0.